The highest BCUT2D eigenvalue weighted by Gasteiger charge is 2.12. The number of aromatic hydroxyl groups is 1. The molecule has 0 radical (unpaired) electrons. The molecule has 1 amide bonds. The highest BCUT2D eigenvalue weighted by Crippen LogP contribution is 2.24. The number of H-pyrrole nitrogens is 1. The summed E-state index contributed by atoms with van der Waals surface area (Å²) < 4.78 is 0.481. The number of pyridine rings is 1. The summed E-state index contributed by atoms with van der Waals surface area (Å²) in [7, 11) is 0. The molecule has 1 aromatic carbocycles. The van der Waals surface area contributed by atoms with E-state index in [4.69, 9.17) is 5.11 Å². The van der Waals surface area contributed by atoms with Crippen LogP contribution in [0.1, 0.15) is 20.7 Å². The molecule has 0 saturated heterocycles. The summed E-state index contributed by atoms with van der Waals surface area (Å²) in [5.74, 6) is -2.22. The molecule has 0 bridgehead atoms. The zero-order valence-corrected chi connectivity index (χ0v) is 12.0. The van der Waals surface area contributed by atoms with E-state index in [0.717, 1.165) is 12.1 Å². The molecule has 2 aromatic rings. The van der Waals surface area contributed by atoms with E-state index < -0.39 is 23.3 Å². The number of rotatable bonds is 3. The number of aromatic nitrogens is 1. The predicted octanol–water partition coefficient (Wildman–Crippen LogP) is 1.79. The molecule has 0 atom stereocenters. The van der Waals surface area contributed by atoms with E-state index in [1.54, 1.807) is 0 Å². The molecule has 0 saturated carbocycles. The molecule has 0 unspecified atom stereocenters. The molecule has 1 heterocycles. The third-order valence-corrected chi connectivity index (χ3v) is 3.25. The Morgan fingerprint density at radius 1 is 1.14 bits per heavy atom. The van der Waals surface area contributed by atoms with Gasteiger partial charge in [-0.25, -0.2) is 4.79 Å². The maximum absolute atomic E-state index is 12.0. The Hall–Kier alpha value is -2.61. The Balaban J connectivity index is 2.33. The molecule has 1 aromatic heterocycles. The molecular formula is C13H9BrN2O5. The van der Waals surface area contributed by atoms with Crippen molar-refractivity contribution in [3.05, 3.63) is 56.3 Å². The molecule has 7 nitrogen and oxygen atoms in total. The monoisotopic (exact) mass is 352 g/mol. The van der Waals surface area contributed by atoms with E-state index in [1.165, 1.54) is 18.2 Å². The van der Waals surface area contributed by atoms with Crippen LogP contribution in [-0.4, -0.2) is 27.1 Å². The largest absolute Gasteiger partial charge is 0.494 e. The SMILES string of the molecule is O=C(O)c1ccc(Br)c(NC(=O)c2cc(O)[nH]c(=O)c2)c1. The maximum Gasteiger partial charge on any atom is 0.335 e. The molecule has 2 rings (SSSR count). The lowest BCUT2D eigenvalue weighted by molar-refractivity contribution is 0.0696. The molecule has 8 heteroatoms. The number of aromatic carboxylic acids is 1. The van der Waals surface area contributed by atoms with E-state index >= 15 is 0 Å². The maximum atomic E-state index is 12.0. The molecule has 108 valence electrons. The Morgan fingerprint density at radius 3 is 2.48 bits per heavy atom. The van der Waals surface area contributed by atoms with Crippen LogP contribution in [0.3, 0.4) is 0 Å². The van der Waals surface area contributed by atoms with Crippen molar-refractivity contribution >= 4 is 33.5 Å². The Kier molecular flexibility index (Phi) is 4.08. The second-order valence-corrected chi connectivity index (χ2v) is 4.93. The minimum Gasteiger partial charge on any atom is -0.494 e. The highest BCUT2D eigenvalue weighted by atomic mass is 79.9. The average Bonchev–Trinajstić information content (AvgIpc) is 2.39. The van der Waals surface area contributed by atoms with Gasteiger partial charge in [0, 0.05) is 16.6 Å². The predicted molar refractivity (Wildman–Crippen MR) is 77.8 cm³/mol. The van der Waals surface area contributed by atoms with Crippen LogP contribution in [0.25, 0.3) is 0 Å². The minimum atomic E-state index is -1.13. The molecular weight excluding hydrogens is 344 g/mol. The van der Waals surface area contributed by atoms with Gasteiger partial charge >= 0.3 is 5.97 Å². The van der Waals surface area contributed by atoms with Crippen LogP contribution < -0.4 is 10.9 Å². The van der Waals surface area contributed by atoms with Crippen LogP contribution in [0, 0.1) is 0 Å². The number of carbonyl (C=O) groups is 2. The van der Waals surface area contributed by atoms with Gasteiger partial charge in [0.25, 0.3) is 11.5 Å². The topological polar surface area (TPSA) is 119 Å². The number of carboxylic acids is 1. The van der Waals surface area contributed by atoms with Crippen LogP contribution in [0.4, 0.5) is 5.69 Å². The summed E-state index contributed by atoms with van der Waals surface area (Å²) in [6.45, 7) is 0. The van der Waals surface area contributed by atoms with Gasteiger partial charge in [-0.15, -0.1) is 0 Å². The van der Waals surface area contributed by atoms with Gasteiger partial charge in [-0.1, -0.05) is 0 Å². The average molecular weight is 353 g/mol. The molecule has 0 spiro atoms. The number of amides is 1. The summed E-state index contributed by atoms with van der Waals surface area (Å²) in [5.41, 5.74) is -0.440. The van der Waals surface area contributed by atoms with Crippen LogP contribution in [0.5, 0.6) is 5.88 Å². The van der Waals surface area contributed by atoms with Crippen molar-refractivity contribution < 1.29 is 19.8 Å². The summed E-state index contributed by atoms with van der Waals surface area (Å²) in [6.07, 6.45) is 0. The second kappa shape index (κ2) is 5.80. The summed E-state index contributed by atoms with van der Waals surface area (Å²) >= 11 is 3.18. The van der Waals surface area contributed by atoms with E-state index in [-0.39, 0.29) is 16.8 Å². The number of carbonyl (C=O) groups excluding carboxylic acids is 1. The van der Waals surface area contributed by atoms with Gasteiger partial charge in [0.15, 0.2) is 5.88 Å². The first-order chi connectivity index (χ1) is 9.86. The fourth-order valence-corrected chi connectivity index (χ4v) is 1.95. The first-order valence-electron chi connectivity index (χ1n) is 5.64. The van der Waals surface area contributed by atoms with Crippen molar-refractivity contribution in [2.45, 2.75) is 0 Å². The van der Waals surface area contributed by atoms with Crippen molar-refractivity contribution in [2.24, 2.45) is 0 Å². The Morgan fingerprint density at radius 2 is 1.86 bits per heavy atom. The normalized spacial score (nSPS) is 10.1. The highest BCUT2D eigenvalue weighted by molar-refractivity contribution is 9.10. The number of anilines is 1. The number of hydrogen-bond donors (Lipinski definition) is 4. The van der Waals surface area contributed by atoms with Crippen molar-refractivity contribution in [3.8, 4) is 5.88 Å². The number of benzene rings is 1. The van der Waals surface area contributed by atoms with Gasteiger partial charge in [-0.3, -0.25) is 14.6 Å². The lowest BCUT2D eigenvalue weighted by Gasteiger charge is -2.08. The molecule has 0 aliphatic rings. The van der Waals surface area contributed by atoms with Crippen molar-refractivity contribution in [3.63, 3.8) is 0 Å². The van der Waals surface area contributed by atoms with Gasteiger partial charge in [-0.05, 0) is 34.1 Å². The van der Waals surface area contributed by atoms with Crippen molar-refractivity contribution in [2.75, 3.05) is 5.32 Å². The van der Waals surface area contributed by atoms with E-state index in [2.05, 4.69) is 26.2 Å². The third kappa shape index (κ3) is 3.48. The fraction of sp³-hybridized carbons (Fsp3) is 0. The second-order valence-electron chi connectivity index (χ2n) is 4.07. The number of hydrogen-bond acceptors (Lipinski definition) is 4. The van der Waals surface area contributed by atoms with E-state index in [1.807, 2.05) is 0 Å². The molecule has 21 heavy (non-hydrogen) atoms. The van der Waals surface area contributed by atoms with E-state index in [0.29, 0.717) is 4.47 Å². The Labute approximate surface area is 126 Å². The van der Waals surface area contributed by atoms with E-state index in [9.17, 15) is 19.5 Å². The summed E-state index contributed by atoms with van der Waals surface area (Å²) in [6, 6.07) is 6.24. The lowest BCUT2D eigenvalue weighted by atomic mass is 10.2. The third-order valence-electron chi connectivity index (χ3n) is 2.55. The van der Waals surface area contributed by atoms with Crippen molar-refractivity contribution in [1.82, 2.24) is 4.98 Å². The number of nitrogens with one attached hydrogen (secondary N) is 2. The standard InChI is InChI=1S/C13H9BrN2O5/c14-8-2-1-6(13(20)21)3-9(8)15-12(19)7-4-10(17)16-11(18)5-7/h1-5H,(H,15,19)(H,20,21)(H2,16,17,18). The molecule has 0 aliphatic heterocycles. The van der Waals surface area contributed by atoms with Crippen LogP contribution >= 0.6 is 15.9 Å². The molecule has 0 fully saturated rings. The van der Waals surface area contributed by atoms with Gasteiger partial charge in [0.2, 0.25) is 0 Å². The first-order valence-corrected chi connectivity index (χ1v) is 6.43. The minimum absolute atomic E-state index is 0.00209. The molecule has 0 aliphatic carbocycles. The van der Waals surface area contributed by atoms with Gasteiger partial charge in [-0.2, -0.15) is 0 Å². The van der Waals surface area contributed by atoms with Crippen LogP contribution in [-0.2, 0) is 0 Å². The van der Waals surface area contributed by atoms with Gasteiger partial charge in [0.05, 0.1) is 16.8 Å². The summed E-state index contributed by atoms with van der Waals surface area (Å²) in [5, 5.41) is 20.6. The van der Waals surface area contributed by atoms with Crippen LogP contribution in [0.2, 0.25) is 0 Å². The van der Waals surface area contributed by atoms with Gasteiger partial charge in [0.1, 0.15) is 0 Å². The number of carboxylic acid groups (broad SMARTS) is 1. The quantitative estimate of drug-likeness (QED) is 0.671. The summed E-state index contributed by atoms with van der Waals surface area (Å²) in [4.78, 5) is 36.2. The fourth-order valence-electron chi connectivity index (χ4n) is 1.61. The van der Waals surface area contributed by atoms with Crippen molar-refractivity contribution in [1.29, 1.82) is 0 Å². The van der Waals surface area contributed by atoms with Gasteiger partial charge < -0.3 is 15.5 Å². The number of halogens is 1. The van der Waals surface area contributed by atoms with Crippen LogP contribution in [0.15, 0.2) is 39.6 Å². The lowest BCUT2D eigenvalue weighted by Crippen LogP contribution is -2.16. The Bertz CT molecular complexity index is 784. The first kappa shape index (κ1) is 14.8. The zero-order valence-electron chi connectivity index (χ0n) is 10.4. The smallest absolute Gasteiger partial charge is 0.335 e. The molecule has 4 N–H and O–H groups in total. The number of aromatic amines is 1. The zero-order chi connectivity index (χ0) is 15.6.